The molecule has 2 aromatic heterocycles. The van der Waals surface area contributed by atoms with E-state index in [0.29, 0.717) is 5.65 Å². The van der Waals surface area contributed by atoms with Gasteiger partial charge in [-0.25, -0.2) is 0 Å². The second-order valence-corrected chi connectivity index (χ2v) is 3.41. The van der Waals surface area contributed by atoms with Crippen molar-refractivity contribution in [1.82, 2.24) is 9.97 Å². The predicted octanol–water partition coefficient (Wildman–Crippen LogP) is 2.98. The van der Waals surface area contributed by atoms with Crippen LogP contribution in [0.2, 0.25) is 0 Å². The summed E-state index contributed by atoms with van der Waals surface area (Å²) in [6.07, 6.45) is 3.43. The van der Waals surface area contributed by atoms with Crippen LogP contribution in [-0.2, 0) is 0 Å². The number of aromatic nitrogens is 2. The Bertz CT molecular complexity index is 607. The number of para-hydroxylation sites is 1. The maximum Gasteiger partial charge on any atom is 0.134 e. The molecular weight excluding hydrogens is 341 g/mol. The molecule has 0 saturated heterocycles. The molecule has 0 aliphatic carbocycles. The number of hydrogen-bond donors (Lipinski definition) is 0. The molecule has 4 heteroatoms. The van der Waals surface area contributed by atoms with Gasteiger partial charge in [-0.15, -0.1) is 0 Å². The maximum absolute atomic E-state index is 5.77. The number of rotatable bonds is 2. The molecule has 0 fully saturated rings. The minimum absolute atomic E-state index is 0. The molecule has 0 atom stereocenters. The van der Waals surface area contributed by atoms with Crippen molar-refractivity contribution in [2.75, 3.05) is 0 Å². The number of fused-ring (bicyclic) bond motifs is 1. The van der Waals surface area contributed by atoms with E-state index in [9.17, 15) is 0 Å². The first-order chi connectivity index (χ1) is 7.93. The van der Waals surface area contributed by atoms with Crippen LogP contribution in [-0.4, -0.2) is 4.98 Å². The normalized spacial score (nSPS) is 9.88. The van der Waals surface area contributed by atoms with E-state index >= 15 is 0 Å². The Morgan fingerprint density at radius 3 is 2.65 bits per heavy atom. The average Bonchev–Trinajstić information content (AvgIpc) is 2.80. The third kappa shape index (κ3) is 2.67. The van der Waals surface area contributed by atoms with Gasteiger partial charge >= 0.3 is 0 Å². The molecule has 3 nitrogen and oxygen atoms in total. The van der Waals surface area contributed by atoms with Crippen LogP contribution < -0.4 is 9.72 Å². The van der Waals surface area contributed by atoms with Crippen molar-refractivity contribution in [3.8, 4) is 11.5 Å². The van der Waals surface area contributed by atoms with Gasteiger partial charge in [-0.2, -0.15) is 0 Å². The molecule has 0 spiro atoms. The zero-order chi connectivity index (χ0) is 10.8. The first-order valence-electron chi connectivity index (χ1n) is 5.03. The van der Waals surface area contributed by atoms with E-state index in [4.69, 9.17) is 4.74 Å². The SMILES string of the molecule is [Pr].c1ccc(Oc2ccnc3[n-]ccc23)cc1. The van der Waals surface area contributed by atoms with Gasteiger partial charge in [-0.05, 0) is 23.8 Å². The fourth-order valence-corrected chi connectivity index (χ4v) is 1.59. The molecule has 0 unspecified atom stereocenters. The zero-order valence-corrected chi connectivity index (χ0v) is 12.8. The molecule has 0 bridgehead atoms. The van der Waals surface area contributed by atoms with Crippen molar-refractivity contribution >= 4 is 11.0 Å². The predicted molar refractivity (Wildman–Crippen MR) is 61.6 cm³/mol. The summed E-state index contributed by atoms with van der Waals surface area (Å²) >= 11 is 0. The molecule has 1 radical (unpaired) electrons. The number of pyridine rings is 1. The smallest absolute Gasteiger partial charge is 0.134 e. The van der Waals surface area contributed by atoms with Crippen LogP contribution in [0, 0.1) is 41.3 Å². The van der Waals surface area contributed by atoms with Crippen molar-refractivity contribution < 1.29 is 46.0 Å². The maximum atomic E-state index is 5.77. The molecular formula is C13H9N2OPr-. The number of ether oxygens (including phenoxy) is 1. The average molecular weight is 350 g/mol. The van der Waals surface area contributed by atoms with Crippen molar-refractivity contribution in [2.45, 2.75) is 0 Å². The molecule has 81 valence electrons. The monoisotopic (exact) mass is 350 g/mol. The minimum atomic E-state index is 0. The minimum Gasteiger partial charge on any atom is -0.457 e. The first kappa shape index (κ1) is 12.5. The Labute approximate surface area is 132 Å². The Kier molecular flexibility index (Phi) is 4.13. The van der Waals surface area contributed by atoms with Crippen molar-refractivity contribution in [3.63, 3.8) is 0 Å². The Balaban J connectivity index is 0.00000108. The van der Waals surface area contributed by atoms with Gasteiger partial charge in [0.05, 0.1) is 0 Å². The van der Waals surface area contributed by atoms with E-state index in [1.807, 2.05) is 42.5 Å². The van der Waals surface area contributed by atoms with E-state index in [2.05, 4.69) is 9.97 Å². The zero-order valence-electron chi connectivity index (χ0n) is 9.08. The summed E-state index contributed by atoms with van der Waals surface area (Å²) in [6, 6.07) is 13.4. The van der Waals surface area contributed by atoms with Crippen LogP contribution >= 0.6 is 0 Å². The number of hydrogen-bond acceptors (Lipinski definition) is 2. The quantitative estimate of drug-likeness (QED) is 0.713. The topological polar surface area (TPSA) is 36.2 Å². The van der Waals surface area contributed by atoms with Crippen molar-refractivity contribution in [3.05, 3.63) is 54.9 Å². The second-order valence-electron chi connectivity index (χ2n) is 3.41. The Morgan fingerprint density at radius 1 is 1.00 bits per heavy atom. The summed E-state index contributed by atoms with van der Waals surface area (Å²) in [5.41, 5.74) is 0.716. The van der Waals surface area contributed by atoms with Crippen LogP contribution in [0.3, 0.4) is 0 Å². The van der Waals surface area contributed by atoms with E-state index < -0.39 is 0 Å². The molecule has 0 N–H and O–H groups in total. The summed E-state index contributed by atoms with van der Waals surface area (Å²) in [5, 5.41) is 0.936. The first-order valence-corrected chi connectivity index (χ1v) is 5.03. The van der Waals surface area contributed by atoms with Crippen LogP contribution in [0.4, 0.5) is 0 Å². The number of benzene rings is 1. The Hall–Kier alpha value is -0.926. The Morgan fingerprint density at radius 2 is 1.82 bits per heavy atom. The van der Waals surface area contributed by atoms with Gasteiger partial charge in [-0.3, -0.25) is 0 Å². The van der Waals surface area contributed by atoms with Crippen LogP contribution in [0.5, 0.6) is 11.5 Å². The summed E-state index contributed by atoms with van der Waals surface area (Å²) in [4.78, 5) is 8.28. The summed E-state index contributed by atoms with van der Waals surface area (Å²) in [6.45, 7) is 0. The molecule has 3 rings (SSSR count). The van der Waals surface area contributed by atoms with E-state index in [0.717, 1.165) is 16.9 Å². The second kappa shape index (κ2) is 5.61. The molecule has 0 saturated carbocycles. The van der Waals surface area contributed by atoms with Gasteiger partial charge in [0.15, 0.2) is 0 Å². The molecule has 3 aromatic rings. The van der Waals surface area contributed by atoms with Crippen LogP contribution in [0.25, 0.3) is 11.0 Å². The summed E-state index contributed by atoms with van der Waals surface area (Å²) in [7, 11) is 0. The molecule has 1 aromatic carbocycles. The fourth-order valence-electron chi connectivity index (χ4n) is 1.59. The van der Waals surface area contributed by atoms with E-state index in [1.165, 1.54) is 0 Å². The molecule has 0 aliphatic heterocycles. The van der Waals surface area contributed by atoms with Crippen molar-refractivity contribution in [1.29, 1.82) is 0 Å². The van der Waals surface area contributed by atoms with Gasteiger partial charge in [0.1, 0.15) is 11.5 Å². The molecule has 0 amide bonds. The van der Waals surface area contributed by atoms with Crippen molar-refractivity contribution in [2.24, 2.45) is 0 Å². The van der Waals surface area contributed by atoms with E-state index in [1.54, 1.807) is 12.4 Å². The van der Waals surface area contributed by atoms with Gasteiger partial charge in [-0.1, -0.05) is 36.7 Å². The molecule has 17 heavy (non-hydrogen) atoms. The number of nitrogens with zero attached hydrogens (tertiary/aromatic N) is 2. The third-order valence-corrected chi connectivity index (χ3v) is 2.34. The summed E-state index contributed by atoms with van der Waals surface area (Å²) < 4.78 is 5.77. The van der Waals surface area contributed by atoms with Gasteiger partial charge in [0.2, 0.25) is 0 Å². The largest absolute Gasteiger partial charge is 0.457 e. The standard InChI is InChI=1S/C13H9N2O.Pr/c1-2-4-10(5-3-1)16-12-7-9-15-13-11(12)6-8-14-13;/h1-9H;/q-1;. The molecule has 2 heterocycles. The van der Waals surface area contributed by atoms with Crippen LogP contribution in [0.1, 0.15) is 0 Å². The van der Waals surface area contributed by atoms with Gasteiger partial charge in [0, 0.05) is 46.7 Å². The van der Waals surface area contributed by atoms with Gasteiger partial charge in [0.25, 0.3) is 0 Å². The summed E-state index contributed by atoms with van der Waals surface area (Å²) in [5.74, 6) is 1.60. The fraction of sp³-hybridized carbons (Fsp3) is 0. The van der Waals surface area contributed by atoms with Gasteiger partial charge < -0.3 is 14.7 Å². The van der Waals surface area contributed by atoms with Crippen LogP contribution in [0.15, 0.2) is 54.9 Å². The third-order valence-electron chi connectivity index (χ3n) is 2.34. The van der Waals surface area contributed by atoms with E-state index in [-0.39, 0.29) is 41.3 Å². The molecule has 0 aliphatic rings.